The van der Waals surface area contributed by atoms with Crippen LogP contribution in [-0.2, 0) is 10.2 Å². The van der Waals surface area contributed by atoms with Crippen LogP contribution in [0.5, 0.6) is 0 Å². The van der Waals surface area contributed by atoms with Crippen LogP contribution in [-0.4, -0.2) is 23.7 Å². The van der Waals surface area contributed by atoms with Gasteiger partial charge in [0.05, 0.1) is 11.5 Å². The highest BCUT2D eigenvalue weighted by Gasteiger charge is 2.51. The van der Waals surface area contributed by atoms with Gasteiger partial charge in [-0.15, -0.1) is 0 Å². The zero-order chi connectivity index (χ0) is 14.8. The molecule has 0 aliphatic heterocycles. The smallest absolute Gasteiger partial charge is 0.230 e. The standard InChI is InChI=1S/C16H22FNO2/c1-11(9-12(2)19)10-18-15(20)16(7-8-16)13-3-5-14(17)6-4-13/h3-6,11-12,19H,7-10H2,1-2H3,(H,18,20). The summed E-state index contributed by atoms with van der Waals surface area (Å²) in [7, 11) is 0. The SMILES string of the molecule is CC(O)CC(C)CNC(=O)C1(c2ccc(F)cc2)CC1. The van der Waals surface area contributed by atoms with E-state index in [0.717, 1.165) is 18.4 Å². The fourth-order valence-electron chi connectivity index (χ4n) is 2.64. The van der Waals surface area contributed by atoms with Crippen molar-refractivity contribution in [2.75, 3.05) is 6.54 Å². The lowest BCUT2D eigenvalue weighted by Crippen LogP contribution is -2.37. The number of aliphatic hydroxyl groups excluding tert-OH is 1. The van der Waals surface area contributed by atoms with Crippen molar-refractivity contribution >= 4 is 5.91 Å². The van der Waals surface area contributed by atoms with Gasteiger partial charge in [-0.2, -0.15) is 0 Å². The van der Waals surface area contributed by atoms with E-state index in [2.05, 4.69) is 5.32 Å². The summed E-state index contributed by atoms with van der Waals surface area (Å²) in [5, 5.41) is 12.3. The summed E-state index contributed by atoms with van der Waals surface area (Å²) < 4.78 is 12.9. The first kappa shape index (κ1) is 15.0. The molecular weight excluding hydrogens is 257 g/mol. The highest BCUT2D eigenvalue weighted by Crippen LogP contribution is 2.48. The Morgan fingerprint density at radius 3 is 2.45 bits per heavy atom. The topological polar surface area (TPSA) is 49.3 Å². The molecular formula is C16H22FNO2. The van der Waals surface area contributed by atoms with Gasteiger partial charge in [0.1, 0.15) is 5.82 Å². The van der Waals surface area contributed by atoms with Gasteiger partial charge in [0, 0.05) is 6.54 Å². The second-order valence-electron chi connectivity index (χ2n) is 5.99. The van der Waals surface area contributed by atoms with E-state index in [9.17, 15) is 14.3 Å². The molecule has 2 unspecified atom stereocenters. The Bertz CT molecular complexity index is 466. The lowest BCUT2D eigenvalue weighted by atomic mass is 9.94. The van der Waals surface area contributed by atoms with Crippen molar-refractivity contribution in [3.8, 4) is 0 Å². The molecule has 0 aromatic heterocycles. The van der Waals surface area contributed by atoms with Crippen molar-refractivity contribution in [2.45, 2.75) is 44.6 Å². The predicted molar refractivity (Wildman–Crippen MR) is 75.8 cm³/mol. The van der Waals surface area contributed by atoms with E-state index >= 15 is 0 Å². The molecule has 0 spiro atoms. The Hall–Kier alpha value is -1.42. The number of hydrogen-bond acceptors (Lipinski definition) is 2. The van der Waals surface area contributed by atoms with E-state index in [0.29, 0.717) is 13.0 Å². The monoisotopic (exact) mass is 279 g/mol. The fourth-order valence-corrected chi connectivity index (χ4v) is 2.64. The van der Waals surface area contributed by atoms with Crippen LogP contribution >= 0.6 is 0 Å². The number of benzene rings is 1. The molecule has 1 amide bonds. The Morgan fingerprint density at radius 2 is 1.95 bits per heavy atom. The molecule has 0 radical (unpaired) electrons. The van der Waals surface area contributed by atoms with Gasteiger partial charge in [-0.05, 0) is 49.8 Å². The lowest BCUT2D eigenvalue weighted by molar-refractivity contribution is -0.123. The third-order valence-corrected chi connectivity index (χ3v) is 3.94. The van der Waals surface area contributed by atoms with E-state index < -0.39 is 5.41 Å². The van der Waals surface area contributed by atoms with Gasteiger partial charge in [0.15, 0.2) is 0 Å². The number of amides is 1. The average molecular weight is 279 g/mol. The summed E-state index contributed by atoms with van der Waals surface area (Å²) in [4.78, 5) is 12.3. The largest absolute Gasteiger partial charge is 0.393 e. The molecule has 1 aromatic rings. The Morgan fingerprint density at radius 1 is 1.35 bits per heavy atom. The van der Waals surface area contributed by atoms with Crippen LogP contribution in [0.15, 0.2) is 24.3 Å². The van der Waals surface area contributed by atoms with Crippen LogP contribution in [0.4, 0.5) is 4.39 Å². The van der Waals surface area contributed by atoms with E-state index in [1.807, 2.05) is 6.92 Å². The minimum absolute atomic E-state index is 0.0153. The molecule has 1 saturated carbocycles. The van der Waals surface area contributed by atoms with Crippen LogP contribution in [0.25, 0.3) is 0 Å². The number of nitrogens with one attached hydrogen (secondary N) is 1. The normalized spacial score (nSPS) is 19.2. The first-order valence-corrected chi connectivity index (χ1v) is 7.16. The summed E-state index contributed by atoms with van der Waals surface area (Å²) in [6.07, 6.45) is 1.95. The van der Waals surface area contributed by atoms with Gasteiger partial charge in [0.2, 0.25) is 5.91 Å². The summed E-state index contributed by atoms with van der Waals surface area (Å²) in [5.41, 5.74) is 0.428. The minimum Gasteiger partial charge on any atom is -0.393 e. The average Bonchev–Trinajstić information content (AvgIpc) is 3.17. The second-order valence-corrected chi connectivity index (χ2v) is 5.99. The number of carbonyl (C=O) groups is 1. The van der Waals surface area contributed by atoms with Crippen molar-refractivity contribution in [3.05, 3.63) is 35.6 Å². The first-order valence-electron chi connectivity index (χ1n) is 7.16. The number of carbonyl (C=O) groups excluding carboxylic acids is 1. The van der Waals surface area contributed by atoms with Crippen molar-refractivity contribution < 1.29 is 14.3 Å². The van der Waals surface area contributed by atoms with Gasteiger partial charge in [-0.1, -0.05) is 19.1 Å². The maximum Gasteiger partial charge on any atom is 0.230 e. The molecule has 1 fully saturated rings. The second kappa shape index (κ2) is 5.92. The number of rotatable bonds is 6. The Labute approximate surface area is 119 Å². The molecule has 3 nitrogen and oxygen atoms in total. The maximum absolute atomic E-state index is 12.9. The molecule has 20 heavy (non-hydrogen) atoms. The highest BCUT2D eigenvalue weighted by molar-refractivity contribution is 5.91. The van der Waals surface area contributed by atoms with Gasteiger partial charge in [0.25, 0.3) is 0 Å². The fraction of sp³-hybridized carbons (Fsp3) is 0.562. The maximum atomic E-state index is 12.9. The van der Waals surface area contributed by atoms with Crippen LogP contribution in [0.2, 0.25) is 0 Å². The number of aliphatic hydroxyl groups is 1. The molecule has 2 atom stereocenters. The molecule has 0 bridgehead atoms. The predicted octanol–water partition coefficient (Wildman–Crippen LogP) is 2.38. The summed E-state index contributed by atoms with van der Waals surface area (Å²) >= 11 is 0. The van der Waals surface area contributed by atoms with Crippen molar-refractivity contribution in [1.29, 1.82) is 0 Å². The summed E-state index contributed by atoms with van der Waals surface area (Å²) in [5.74, 6) is -0.0277. The Kier molecular flexibility index (Phi) is 4.43. The van der Waals surface area contributed by atoms with E-state index in [1.54, 1.807) is 19.1 Å². The highest BCUT2D eigenvalue weighted by atomic mass is 19.1. The van der Waals surface area contributed by atoms with Crippen molar-refractivity contribution in [2.24, 2.45) is 5.92 Å². The van der Waals surface area contributed by atoms with Gasteiger partial charge in [-0.25, -0.2) is 4.39 Å². The molecule has 110 valence electrons. The zero-order valence-electron chi connectivity index (χ0n) is 12.0. The molecule has 2 N–H and O–H groups in total. The quantitative estimate of drug-likeness (QED) is 0.840. The van der Waals surface area contributed by atoms with Gasteiger partial charge >= 0.3 is 0 Å². The van der Waals surface area contributed by atoms with Gasteiger partial charge in [-0.3, -0.25) is 4.79 Å². The van der Waals surface area contributed by atoms with Crippen LogP contribution in [0.3, 0.4) is 0 Å². The van der Waals surface area contributed by atoms with Crippen LogP contribution in [0.1, 0.15) is 38.7 Å². The summed E-state index contributed by atoms with van der Waals surface area (Å²) in [6.45, 7) is 4.32. The lowest BCUT2D eigenvalue weighted by Gasteiger charge is -2.19. The molecule has 2 rings (SSSR count). The molecule has 0 saturated heterocycles. The third kappa shape index (κ3) is 3.37. The van der Waals surface area contributed by atoms with Crippen molar-refractivity contribution in [3.63, 3.8) is 0 Å². The molecule has 1 aliphatic carbocycles. The van der Waals surface area contributed by atoms with Crippen molar-refractivity contribution in [1.82, 2.24) is 5.32 Å². The minimum atomic E-state index is -0.460. The van der Waals surface area contributed by atoms with Crippen LogP contribution in [0, 0.1) is 11.7 Å². The van der Waals surface area contributed by atoms with Gasteiger partial charge < -0.3 is 10.4 Å². The number of halogens is 1. The summed E-state index contributed by atoms with van der Waals surface area (Å²) in [6, 6.07) is 6.19. The third-order valence-electron chi connectivity index (χ3n) is 3.94. The molecule has 4 heteroatoms. The molecule has 0 heterocycles. The Balaban J connectivity index is 1.93. The van der Waals surface area contributed by atoms with E-state index in [4.69, 9.17) is 0 Å². The molecule has 1 aromatic carbocycles. The van der Waals surface area contributed by atoms with E-state index in [-0.39, 0.29) is 23.7 Å². The van der Waals surface area contributed by atoms with Crippen LogP contribution < -0.4 is 5.32 Å². The van der Waals surface area contributed by atoms with E-state index in [1.165, 1.54) is 12.1 Å². The zero-order valence-corrected chi connectivity index (χ0v) is 12.0. The number of hydrogen-bond donors (Lipinski definition) is 2. The first-order chi connectivity index (χ1) is 9.44. The molecule has 1 aliphatic rings.